The maximum Gasteiger partial charge on any atom is 0.530 e. The van der Waals surface area contributed by atoms with Crippen molar-refractivity contribution in [3.8, 4) is 17.2 Å². The zero-order chi connectivity index (χ0) is 37.3. The summed E-state index contributed by atoms with van der Waals surface area (Å²) in [7, 11) is -4.10. The first-order chi connectivity index (χ1) is 26.5. The average molecular weight is 742 g/mol. The van der Waals surface area contributed by atoms with Gasteiger partial charge in [-0.15, -0.1) is 0 Å². The fourth-order valence-electron chi connectivity index (χ4n) is 5.74. The Kier molecular flexibility index (Phi) is 14.5. The second-order valence-corrected chi connectivity index (χ2v) is 14.8. The largest absolute Gasteiger partial charge is 0.530 e. The van der Waals surface area contributed by atoms with Crippen LogP contribution in [-0.4, -0.2) is 12.6 Å². The lowest BCUT2D eigenvalue weighted by atomic mass is 10.1. The number of aryl methyl sites for hydroxylation is 1. The number of nitrogens with one attached hydrogen (secondary N) is 1. The Morgan fingerprint density at radius 1 is 0.500 bits per heavy atom. The predicted molar refractivity (Wildman–Crippen MR) is 215 cm³/mol. The number of benzene rings is 6. The van der Waals surface area contributed by atoms with Crippen molar-refractivity contribution >= 4 is 7.82 Å². The highest BCUT2D eigenvalue weighted by Gasteiger charge is 2.31. The number of ether oxygens (including phenoxy) is 2. The van der Waals surface area contributed by atoms with Gasteiger partial charge in [0.25, 0.3) is 0 Å². The first kappa shape index (κ1) is 38.6. The van der Waals surface area contributed by atoms with Crippen LogP contribution >= 0.6 is 7.82 Å². The molecule has 278 valence electrons. The molecule has 1 N–H and O–H groups in total. The zero-order valence-electron chi connectivity index (χ0n) is 30.7. The van der Waals surface area contributed by atoms with E-state index in [0.29, 0.717) is 25.0 Å². The van der Waals surface area contributed by atoms with E-state index in [4.69, 9.17) is 23.0 Å². The third-order valence-electron chi connectivity index (χ3n) is 8.86. The topological polar surface area (TPSA) is 75.3 Å². The van der Waals surface area contributed by atoms with E-state index >= 15 is 0 Å². The minimum atomic E-state index is -4.10. The smallest absolute Gasteiger partial charge is 0.489 e. The monoisotopic (exact) mass is 741 g/mol. The van der Waals surface area contributed by atoms with Gasteiger partial charge in [-0.1, -0.05) is 140 Å². The van der Waals surface area contributed by atoms with Gasteiger partial charge >= 0.3 is 7.82 Å². The summed E-state index contributed by atoms with van der Waals surface area (Å²) in [6, 6.07) is 53.6. The lowest BCUT2D eigenvalue weighted by Crippen LogP contribution is -2.28. The zero-order valence-corrected chi connectivity index (χ0v) is 31.6. The molecule has 0 fully saturated rings. The van der Waals surface area contributed by atoms with E-state index in [1.54, 1.807) is 6.07 Å². The maximum absolute atomic E-state index is 14.2. The summed E-state index contributed by atoms with van der Waals surface area (Å²) in [5.74, 6) is 1.63. The Labute approximate surface area is 319 Å². The SMILES string of the molecule is CC(CCc1ccc(OCc2ccccc2)cc1)NCCc1ccc(OP(=O)(OCc2ccccc2)OCc2ccccc2)c(OCc2ccccc2)c1. The summed E-state index contributed by atoms with van der Waals surface area (Å²) >= 11 is 0. The number of phosphoric ester groups is 1. The average Bonchev–Trinajstić information content (AvgIpc) is 3.22. The summed E-state index contributed by atoms with van der Waals surface area (Å²) < 4.78 is 44.4. The number of hydrogen-bond donors (Lipinski definition) is 1. The fourth-order valence-corrected chi connectivity index (χ4v) is 6.93. The molecule has 6 aromatic rings. The predicted octanol–water partition coefficient (Wildman–Crippen LogP) is 10.9. The highest BCUT2D eigenvalue weighted by molar-refractivity contribution is 7.48. The molecule has 8 heteroatoms. The number of hydrogen-bond acceptors (Lipinski definition) is 7. The van der Waals surface area contributed by atoms with Crippen molar-refractivity contribution in [3.05, 3.63) is 197 Å². The van der Waals surface area contributed by atoms with Crippen LogP contribution in [0.5, 0.6) is 17.2 Å². The maximum atomic E-state index is 14.2. The Morgan fingerprint density at radius 2 is 0.981 bits per heavy atom. The van der Waals surface area contributed by atoms with Crippen LogP contribution in [0, 0.1) is 0 Å². The van der Waals surface area contributed by atoms with Crippen LogP contribution in [0.3, 0.4) is 0 Å². The fraction of sp³-hybridized carbons (Fsp3) is 0.217. The van der Waals surface area contributed by atoms with Gasteiger partial charge in [-0.05, 0) is 90.4 Å². The molecule has 0 radical (unpaired) electrons. The summed E-state index contributed by atoms with van der Waals surface area (Å²) in [5, 5.41) is 3.66. The van der Waals surface area contributed by atoms with Crippen molar-refractivity contribution in [1.82, 2.24) is 5.32 Å². The second-order valence-electron chi connectivity index (χ2n) is 13.2. The summed E-state index contributed by atoms with van der Waals surface area (Å²) in [4.78, 5) is 0. The Hall–Kier alpha value is -5.17. The van der Waals surface area contributed by atoms with Crippen LogP contribution in [0.1, 0.15) is 46.7 Å². The first-order valence-electron chi connectivity index (χ1n) is 18.4. The van der Waals surface area contributed by atoms with E-state index in [1.807, 2.05) is 133 Å². The summed E-state index contributed by atoms with van der Waals surface area (Å²) in [6.45, 7) is 3.99. The van der Waals surface area contributed by atoms with Gasteiger partial charge in [0.15, 0.2) is 11.5 Å². The van der Waals surface area contributed by atoms with Gasteiger partial charge in [-0.2, -0.15) is 0 Å². The van der Waals surface area contributed by atoms with Crippen molar-refractivity contribution in [1.29, 1.82) is 0 Å². The van der Waals surface area contributed by atoms with Crippen LogP contribution in [0.15, 0.2) is 164 Å². The molecule has 0 spiro atoms. The van der Waals surface area contributed by atoms with Crippen molar-refractivity contribution in [2.75, 3.05) is 6.54 Å². The normalized spacial score (nSPS) is 11.9. The van der Waals surface area contributed by atoms with Crippen LogP contribution in [0.25, 0.3) is 0 Å². The molecule has 0 aromatic heterocycles. The molecule has 54 heavy (non-hydrogen) atoms. The molecule has 0 aliphatic heterocycles. The van der Waals surface area contributed by atoms with Gasteiger partial charge in [-0.25, -0.2) is 4.57 Å². The lowest BCUT2D eigenvalue weighted by Gasteiger charge is -2.21. The molecule has 6 rings (SSSR count). The third-order valence-corrected chi connectivity index (χ3v) is 10.2. The molecule has 1 atom stereocenters. The second kappa shape index (κ2) is 20.3. The van der Waals surface area contributed by atoms with Crippen molar-refractivity contribution in [2.24, 2.45) is 0 Å². The summed E-state index contributed by atoms with van der Waals surface area (Å²) in [5.41, 5.74) is 6.20. The molecule has 1 unspecified atom stereocenters. The highest BCUT2D eigenvalue weighted by Crippen LogP contribution is 2.53. The Morgan fingerprint density at radius 3 is 1.52 bits per heavy atom. The van der Waals surface area contributed by atoms with Crippen LogP contribution in [-0.2, 0) is 52.9 Å². The van der Waals surface area contributed by atoms with Crippen molar-refractivity contribution in [2.45, 2.75) is 58.7 Å². The molecule has 0 amide bonds. The molecule has 6 aromatic carbocycles. The van der Waals surface area contributed by atoms with Crippen molar-refractivity contribution in [3.63, 3.8) is 0 Å². The van der Waals surface area contributed by atoms with Crippen LogP contribution < -0.4 is 19.3 Å². The van der Waals surface area contributed by atoms with Gasteiger partial charge in [0.2, 0.25) is 0 Å². The van der Waals surface area contributed by atoms with E-state index in [0.717, 1.165) is 59.4 Å². The molecule has 0 heterocycles. The van der Waals surface area contributed by atoms with E-state index in [1.165, 1.54) is 5.56 Å². The van der Waals surface area contributed by atoms with E-state index in [9.17, 15) is 4.57 Å². The minimum Gasteiger partial charge on any atom is -0.489 e. The molecule has 0 saturated carbocycles. The van der Waals surface area contributed by atoms with Gasteiger partial charge in [0.05, 0.1) is 13.2 Å². The van der Waals surface area contributed by atoms with Gasteiger partial charge in [0.1, 0.15) is 19.0 Å². The standard InChI is InChI=1S/C46H48NO6P/c1-37(22-23-38-24-27-44(28-25-38)49-33-40-14-6-2-7-15-40)47-31-30-39-26-29-45(46(32-39)50-34-41-16-8-3-9-17-41)53-54(48,51-35-42-18-10-4-11-19-42)52-36-43-20-12-5-13-21-43/h2-21,24-29,32,37,47H,22-23,30-31,33-36H2,1H3. The molecular formula is C46H48NO6P. The van der Waals surface area contributed by atoms with Gasteiger partial charge in [-0.3, -0.25) is 9.05 Å². The summed E-state index contributed by atoms with van der Waals surface area (Å²) in [6.07, 6.45) is 2.74. The van der Waals surface area contributed by atoms with E-state index < -0.39 is 7.82 Å². The van der Waals surface area contributed by atoms with Gasteiger partial charge in [0, 0.05) is 6.04 Å². The van der Waals surface area contributed by atoms with Crippen LogP contribution in [0.2, 0.25) is 0 Å². The van der Waals surface area contributed by atoms with Crippen molar-refractivity contribution < 1.29 is 27.6 Å². The molecule has 0 saturated heterocycles. The molecule has 0 bridgehead atoms. The number of rotatable bonds is 21. The van der Waals surface area contributed by atoms with Crippen LogP contribution in [0.4, 0.5) is 0 Å². The molecule has 0 aliphatic carbocycles. The van der Waals surface area contributed by atoms with E-state index in [-0.39, 0.29) is 19.0 Å². The lowest BCUT2D eigenvalue weighted by molar-refractivity contribution is 0.141. The Bertz CT molecular complexity index is 1960. The Balaban J connectivity index is 1.06. The first-order valence-corrected chi connectivity index (χ1v) is 19.9. The highest BCUT2D eigenvalue weighted by atomic mass is 31.2. The molecule has 7 nitrogen and oxygen atoms in total. The molecular weight excluding hydrogens is 693 g/mol. The molecule has 0 aliphatic rings. The minimum absolute atomic E-state index is 0.0591. The number of phosphoric acid groups is 1. The van der Waals surface area contributed by atoms with E-state index in [2.05, 4.69) is 36.5 Å². The third kappa shape index (κ3) is 12.8. The quantitative estimate of drug-likeness (QED) is 0.0736. The van der Waals surface area contributed by atoms with Gasteiger partial charge < -0.3 is 19.3 Å².